The summed E-state index contributed by atoms with van der Waals surface area (Å²) in [4.78, 5) is 26.8. The summed E-state index contributed by atoms with van der Waals surface area (Å²) < 4.78 is 19.6. The van der Waals surface area contributed by atoms with Crippen molar-refractivity contribution >= 4 is 40.6 Å². The van der Waals surface area contributed by atoms with Gasteiger partial charge in [0.05, 0.1) is 16.5 Å². The van der Waals surface area contributed by atoms with Crippen LogP contribution in [0.5, 0.6) is 5.75 Å². The van der Waals surface area contributed by atoms with Gasteiger partial charge in [0.15, 0.2) is 0 Å². The highest BCUT2D eigenvalue weighted by atomic mass is 35.5. The minimum Gasteiger partial charge on any atom is -0.489 e. The third kappa shape index (κ3) is 5.03. The van der Waals surface area contributed by atoms with Crippen molar-refractivity contribution in [3.05, 3.63) is 105 Å². The van der Waals surface area contributed by atoms with Crippen LogP contribution in [0, 0.1) is 12.7 Å². The Hall–Kier alpha value is -3.09. The lowest BCUT2D eigenvalue weighted by Crippen LogP contribution is -2.27. The van der Waals surface area contributed by atoms with Crippen LogP contribution in [0.4, 0.5) is 9.18 Å². The van der Waals surface area contributed by atoms with Gasteiger partial charge in [-0.05, 0) is 60.2 Å². The van der Waals surface area contributed by atoms with Crippen molar-refractivity contribution in [3.63, 3.8) is 0 Å². The zero-order valence-electron chi connectivity index (χ0n) is 17.2. The number of ether oxygens (including phenoxy) is 1. The number of imide groups is 1. The molecule has 4 rings (SSSR count). The summed E-state index contributed by atoms with van der Waals surface area (Å²) in [6.45, 7) is 2.17. The molecule has 4 nitrogen and oxygen atoms in total. The minimum atomic E-state index is -0.434. The molecule has 1 aliphatic heterocycles. The molecule has 1 saturated heterocycles. The van der Waals surface area contributed by atoms with Crippen molar-refractivity contribution in [2.45, 2.75) is 20.1 Å². The van der Waals surface area contributed by atoms with Crippen molar-refractivity contribution in [2.24, 2.45) is 0 Å². The SMILES string of the molecule is Cc1cccc(CN2C(=O)S/C(=C\c3cccc(OCc4c(F)cccc4Cl)c3)C2=O)c1. The number of hydrogen-bond acceptors (Lipinski definition) is 4. The van der Waals surface area contributed by atoms with Crippen LogP contribution in [0.1, 0.15) is 22.3 Å². The van der Waals surface area contributed by atoms with E-state index in [9.17, 15) is 14.0 Å². The smallest absolute Gasteiger partial charge is 0.293 e. The number of carbonyl (C=O) groups is 2. The lowest BCUT2D eigenvalue weighted by molar-refractivity contribution is -0.123. The maximum absolute atomic E-state index is 13.9. The fourth-order valence-corrected chi connectivity index (χ4v) is 4.36. The van der Waals surface area contributed by atoms with Gasteiger partial charge in [-0.2, -0.15) is 0 Å². The fourth-order valence-electron chi connectivity index (χ4n) is 3.30. The Balaban J connectivity index is 1.48. The molecular formula is C25H19ClFNO3S. The Bertz CT molecular complexity index is 1210. The topological polar surface area (TPSA) is 46.6 Å². The van der Waals surface area contributed by atoms with Gasteiger partial charge in [-0.1, -0.05) is 59.6 Å². The van der Waals surface area contributed by atoms with Crippen LogP contribution in [0.25, 0.3) is 6.08 Å². The van der Waals surface area contributed by atoms with Crippen LogP contribution in [0.15, 0.2) is 71.6 Å². The second kappa shape index (κ2) is 9.59. The first-order valence-corrected chi connectivity index (χ1v) is 11.1. The van der Waals surface area contributed by atoms with Crippen LogP contribution in [-0.2, 0) is 17.9 Å². The minimum absolute atomic E-state index is 0.0258. The van der Waals surface area contributed by atoms with E-state index in [1.54, 1.807) is 36.4 Å². The molecule has 32 heavy (non-hydrogen) atoms. The summed E-state index contributed by atoms with van der Waals surface area (Å²) in [7, 11) is 0. The third-order valence-electron chi connectivity index (χ3n) is 4.90. The molecule has 1 aliphatic rings. The second-order valence-electron chi connectivity index (χ2n) is 7.32. The highest BCUT2D eigenvalue weighted by Crippen LogP contribution is 2.34. The molecule has 0 aromatic heterocycles. The van der Waals surface area contributed by atoms with E-state index in [0.29, 0.717) is 21.2 Å². The molecule has 1 heterocycles. The van der Waals surface area contributed by atoms with E-state index >= 15 is 0 Å². The van der Waals surface area contributed by atoms with Gasteiger partial charge >= 0.3 is 0 Å². The predicted molar refractivity (Wildman–Crippen MR) is 125 cm³/mol. The largest absolute Gasteiger partial charge is 0.489 e. The number of thioether (sulfide) groups is 1. The summed E-state index contributed by atoms with van der Waals surface area (Å²) >= 11 is 6.95. The van der Waals surface area contributed by atoms with Gasteiger partial charge in [-0.3, -0.25) is 14.5 Å². The zero-order chi connectivity index (χ0) is 22.7. The maximum Gasteiger partial charge on any atom is 0.293 e. The fraction of sp³-hybridized carbons (Fsp3) is 0.120. The van der Waals surface area contributed by atoms with Crippen molar-refractivity contribution in [3.8, 4) is 5.75 Å². The van der Waals surface area contributed by atoms with Gasteiger partial charge in [0.1, 0.15) is 18.2 Å². The Morgan fingerprint density at radius 2 is 1.84 bits per heavy atom. The van der Waals surface area contributed by atoms with Gasteiger partial charge in [-0.25, -0.2) is 4.39 Å². The summed E-state index contributed by atoms with van der Waals surface area (Å²) in [5, 5.41) is -0.00667. The third-order valence-corrected chi connectivity index (χ3v) is 6.16. The molecule has 162 valence electrons. The highest BCUT2D eigenvalue weighted by Gasteiger charge is 2.35. The van der Waals surface area contributed by atoms with E-state index in [0.717, 1.165) is 22.9 Å². The summed E-state index contributed by atoms with van der Waals surface area (Å²) in [5.74, 6) is -0.265. The van der Waals surface area contributed by atoms with Crippen molar-refractivity contribution < 1.29 is 18.7 Å². The van der Waals surface area contributed by atoms with Gasteiger partial charge in [0.2, 0.25) is 0 Å². The molecule has 0 N–H and O–H groups in total. The quantitative estimate of drug-likeness (QED) is 0.383. The number of hydrogen-bond donors (Lipinski definition) is 0. The number of halogens is 2. The maximum atomic E-state index is 13.9. The summed E-state index contributed by atoms with van der Waals surface area (Å²) in [6.07, 6.45) is 1.66. The van der Waals surface area contributed by atoms with Gasteiger partial charge < -0.3 is 4.74 Å². The lowest BCUT2D eigenvalue weighted by Gasteiger charge is -2.12. The van der Waals surface area contributed by atoms with Crippen molar-refractivity contribution in [1.82, 2.24) is 4.90 Å². The summed E-state index contributed by atoms with van der Waals surface area (Å²) in [6, 6.07) is 19.2. The van der Waals surface area contributed by atoms with E-state index in [2.05, 4.69) is 0 Å². The number of benzene rings is 3. The number of carbonyl (C=O) groups excluding carboxylic acids is 2. The molecule has 0 atom stereocenters. The Morgan fingerprint density at radius 3 is 2.62 bits per heavy atom. The van der Waals surface area contributed by atoms with E-state index < -0.39 is 5.82 Å². The van der Waals surface area contributed by atoms with E-state index in [4.69, 9.17) is 16.3 Å². The van der Waals surface area contributed by atoms with Crippen molar-refractivity contribution in [2.75, 3.05) is 0 Å². The highest BCUT2D eigenvalue weighted by molar-refractivity contribution is 8.18. The number of aryl methyl sites for hydroxylation is 1. The molecular weight excluding hydrogens is 449 g/mol. The molecule has 0 saturated carbocycles. The average Bonchev–Trinajstić information content (AvgIpc) is 3.01. The number of amides is 2. The standard InChI is InChI=1S/C25H19ClFNO3S/c1-16-5-2-7-18(11-16)14-28-24(29)23(32-25(28)30)13-17-6-3-8-19(12-17)31-15-20-21(26)9-4-10-22(20)27/h2-13H,14-15H2,1H3/b23-13-. The molecule has 0 bridgehead atoms. The van der Waals surface area contributed by atoms with Gasteiger partial charge in [0.25, 0.3) is 11.1 Å². The predicted octanol–water partition coefficient (Wildman–Crippen LogP) is 6.60. The number of rotatable bonds is 6. The first kappa shape index (κ1) is 22.1. The van der Waals surface area contributed by atoms with Crippen LogP contribution < -0.4 is 4.74 Å². The van der Waals surface area contributed by atoms with E-state index in [1.165, 1.54) is 17.0 Å². The first-order chi connectivity index (χ1) is 15.4. The molecule has 0 unspecified atom stereocenters. The van der Waals surface area contributed by atoms with Crippen LogP contribution in [0.2, 0.25) is 5.02 Å². The van der Waals surface area contributed by atoms with Gasteiger partial charge in [0, 0.05) is 5.56 Å². The van der Waals surface area contributed by atoms with Crippen LogP contribution >= 0.6 is 23.4 Å². The molecule has 1 fully saturated rings. The summed E-state index contributed by atoms with van der Waals surface area (Å²) in [5.41, 5.74) is 2.94. The molecule has 0 aliphatic carbocycles. The Labute approximate surface area is 194 Å². The number of nitrogens with zero attached hydrogens (tertiary/aromatic N) is 1. The molecule has 3 aromatic rings. The first-order valence-electron chi connectivity index (χ1n) is 9.87. The zero-order valence-corrected chi connectivity index (χ0v) is 18.8. The Kier molecular flexibility index (Phi) is 6.63. The molecule has 2 amide bonds. The normalized spacial score (nSPS) is 15.0. The molecule has 7 heteroatoms. The second-order valence-corrected chi connectivity index (χ2v) is 8.72. The Morgan fingerprint density at radius 1 is 1.06 bits per heavy atom. The monoisotopic (exact) mass is 467 g/mol. The lowest BCUT2D eigenvalue weighted by atomic mass is 10.1. The van der Waals surface area contributed by atoms with Crippen LogP contribution in [-0.4, -0.2) is 16.0 Å². The van der Waals surface area contributed by atoms with E-state index in [-0.39, 0.29) is 29.9 Å². The van der Waals surface area contributed by atoms with E-state index in [1.807, 2.05) is 31.2 Å². The molecule has 0 radical (unpaired) electrons. The van der Waals surface area contributed by atoms with Gasteiger partial charge in [-0.15, -0.1) is 0 Å². The molecule has 3 aromatic carbocycles. The molecule has 0 spiro atoms. The average molecular weight is 468 g/mol. The van der Waals surface area contributed by atoms with Crippen LogP contribution in [0.3, 0.4) is 0 Å². The van der Waals surface area contributed by atoms with Crippen molar-refractivity contribution in [1.29, 1.82) is 0 Å².